The maximum absolute atomic E-state index is 11.7. The summed E-state index contributed by atoms with van der Waals surface area (Å²) in [5, 5.41) is 8.81. The Kier molecular flexibility index (Phi) is 3.48. The van der Waals surface area contributed by atoms with E-state index in [0.29, 0.717) is 18.9 Å². The minimum Gasteiger partial charge on any atom is -0.341 e. The smallest absolute Gasteiger partial charge is 0.224 e. The predicted octanol–water partition coefficient (Wildman–Crippen LogP) is 2.18. The summed E-state index contributed by atoms with van der Waals surface area (Å²) in [7, 11) is 0. The minimum atomic E-state index is -0.0602. The highest BCUT2D eigenvalue weighted by Gasteiger charge is 2.31. The van der Waals surface area contributed by atoms with Crippen LogP contribution in [-0.4, -0.2) is 23.9 Å². The molecule has 3 nitrogen and oxygen atoms in total. The molecule has 0 radical (unpaired) electrons. The molecule has 0 aromatic heterocycles. The first-order chi connectivity index (χ1) is 7.69. The molecule has 1 saturated carbocycles. The van der Waals surface area contributed by atoms with Gasteiger partial charge in [-0.05, 0) is 24.7 Å². The van der Waals surface area contributed by atoms with E-state index in [1.165, 1.54) is 25.7 Å². The highest BCUT2D eigenvalue weighted by Crippen LogP contribution is 2.30. The van der Waals surface area contributed by atoms with Crippen LogP contribution >= 0.6 is 0 Å². The van der Waals surface area contributed by atoms with Crippen LogP contribution in [0.1, 0.15) is 39.0 Å². The molecule has 1 heterocycles. The summed E-state index contributed by atoms with van der Waals surface area (Å²) >= 11 is 0. The third-order valence-electron chi connectivity index (χ3n) is 4.01. The second-order valence-corrected chi connectivity index (χ2v) is 5.45. The molecule has 0 bridgehead atoms. The number of hydrogen-bond donors (Lipinski definition) is 0. The first-order valence-corrected chi connectivity index (χ1v) is 6.36. The van der Waals surface area contributed by atoms with Crippen molar-refractivity contribution in [2.45, 2.75) is 39.0 Å². The second-order valence-electron chi connectivity index (χ2n) is 5.45. The Labute approximate surface area is 97.4 Å². The Morgan fingerprint density at radius 1 is 1.38 bits per heavy atom. The number of amides is 1. The van der Waals surface area contributed by atoms with Gasteiger partial charge in [0.2, 0.25) is 5.91 Å². The van der Waals surface area contributed by atoms with Gasteiger partial charge in [0.1, 0.15) is 0 Å². The van der Waals surface area contributed by atoms with E-state index in [9.17, 15) is 4.79 Å². The van der Waals surface area contributed by atoms with Crippen molar-refractivity contribution in [1.82, 2.24) is 4.90 Å². The summed E-state index contributed by atoms with van der Waals surface area (Å²) in [6.07, 6.45) is 5.55. The zero-order valence-electron chi connectivity index (χ0n) is 9.98. The second kappa shape index (κ2) is 4.86. The van der Waals surface area contributed by atoms with Crippen molar-refractivity contribution in [3.8, 4) is 6.07 Å². The van der Waals surface area contributed by atoms with Crippen LogP contribution in [0.4, 0.5) is 0 Å². The lowest BCUT2D eigenvalue weighted by molar-refractivity contribution is -0.128. The number of carbonyl (C=O) groups excluding carboxylic acids is 1. The summed E-state index contributed by atoms with van der Waals surface area (Å²) < 4.78 is 0. The van der Waals surface area contributed by atoms with Crippen molar-refractivity contribution < 1.29 is 4.79 Å². The van der Waals surface area contributed by atoms with Crippen LogP contribution in [0.25, 0.3) is 0 Å². The van der Waals surface area contributed by atoms with Gasteiger partial charge < -0.3 is 4.90 Å². The number of nitrogens with zero attached hydrogens (tertiary/aromatic N) is 2. The molecule has 1 atom stereocenters. The van der Waals surface area contributed by atoms with Crippen LogP contribution in [0.3, 0.4) is 0 Å². The van der Waals surface area contributed by atoms with Crippen molar-refractivity contribution in [2.75, 3.05) is 13.1 Å². The van der Waals surface area contributed by atoms with Crippen molar-refractivity contribution in [2.24, 2.45) is 17.8 Å². The summed E-state index contributed by atoms with van der Waals surface area (Å²) in [5.74, 6) is 1.66. The molecule has 0 aromatic rings. The largest absolute Gasteiger partial charge is 0.341 e. The van der Waals surface area contributed by atoms with Crippen molar-refractivity contribution in [3.63, 3.8) is 0 Å². The molecule has 1 saturated heterocycles. The predicted molar refractivity (Wildman–Crippen MR) is 61.4 cm³/mol. The van der Waals surface area contributed by atoms with Crippen molar-refractivity contribution in [3.05, 3.63) is 0 Å². The first kappa shape index (κ1) is 11.4. The van der Waals surface area contributed by atoms with E-state index in [-0.39, 0.29) is 11.8 Å². The molecule has 0 spiro atoms. The molecule has 88 valence electrons. The topological polar surface area (TPSA) is 44.1 Å². The number of likely N-dealkylation sites (tertiary alicyclic amines) is 1. The third kappa shape index (κ3) is 2.55. The van der Waals surface area contributed by atoms with Crippen molar-refractivity contribution >= 4 is 5.91 Å². The average Bonchev–Trinajstić information content (AvgIpc) is 2.63. The highest BCUT2D eigenvalue weighted by molar-refractivity contribution is 5.79. The molecule has 2 rings (SSSR count). The number of carbonyl (C=O) groups is 1. The summed E-state index contributed by atoms with van der Waals surface area (Å²) in [5.41, 5.74) is 0. The molecule has 1 amide bonds. The van der Waals surface area contributed by atoms with Crippen LogP contribution < -0.4 is 0 Å². The zero-order chi connectivity index (χ0) is 11.5. The van der Waals surface area contributed by atoms with Crippen LogP contribution in [0.5, 0.6) is 0 Å². The maximum Gasteiger partial charge on any atom is 0.224 e. The van der Waals surface area contributed by atoms with E-state index < -0.39 is 0 Å². The Bertz CT molecular complexity index is 300. The van der Waals surface area contributed by atoms with Gasteiger partial charge in [-0.15, -0.1) is 0 Å². The van der Waals surface area contributed by atoms with E-state index in [2.05, 4.69) is 13.0 Å². The van der Waals surface area contributed by atoms with E-state index >= 15 is 0 Å². The van der Waals surface area contributed by atoms with E-state index in [1.54, 1.807) is 0 Å². The Balaban J connectivity index is 1.82. The summed E-state index contributed by atoms with van der Waals surface area (Å²) in [4.78, 5) is 13.6. The van der Waals surface area contributed by atoms with Gasteiger partial charge in [-0.1, -0.05) is 19.8 Å². The van der Waals surface area contributed by atoms with E-state index in [1.807, 2.05) is 4.90 Å². The molecule has 3 heteroatoms. The van der Waals surface area contributed by atoms with Crippen LogP contribution in [0.2, 0.25) is 0 Å². The van der Waals surface area contributed by atoms with Gasteiger partial charge >= 0.3 is 0 Å². The lowest BCUT2D eigenvalue weighted by Crippen LogP contribution is -2.32. The average molecular weight is 220 g/mol. The Morgan fingerprint density at radius 3 is 2.62 bits per heavy atom. The summed E-state index contributed by atoms with van der Waals surface area (Å²) in [6, 6.07) is 2.21. The highest BCUT2D eigenvalue weighted by atomic mass is 16.2. The Hall–Kier alpha value is -1.04. The molecule has 2 fully saturated rings. The molecular weight excluding hydrogens is 200 g/mol. The van der Waals surface area contributed by atoms with Crippen molar-refractivity contribution in [1.29, 1.82) is 5.26 Å². The minimum absolute atomic E-state index is 0.0602. The van der Waals surface area contributed by atoms with Gasteiger partial charge in [0.05, 0.1) is 12.0 Å². The van der Waals surface area contributed by atoms with Crippen LogP contribution in [0, 0.1) is 29.1 Å². The number of rotatable bonds is 2. The maximum atomic E-state index is 11.7. The van der Waals surface area contributed by atoms with E-state index in [0.717, 1.165) is 12.5 Å². The quantitative estimate of drug-likeness (QED) is 0.716. The van der Waals surface area contributed by atoms with Gasteiger partial charge in [0.25, 0.3) is 0 Å². The zero-order valence-corrected chi connectivity index (χ0v) is 9.98. The first-order valence-electron chi connectivity index (χ1n) is 6.36. The molecule has 1 aliphatic carbocycles. The molecular formula is C13H20N2O. The number of hydrogen-bond acceptors (Lipinski definition) is 2. The van der Waals surface area contributed by atoms with E-state index in [4.69, 9.17) is 5.26 Å². The van der Waals surface area contributed by atoms with Crippen LogP contribution in [-0.2, 0) is 4.79 Å². The fraction of sp³-hybridized carbons (Fsp3) is 0.846. The van der Waals surface area contributed by atoms with Gasteiger partial charge in [0.15, 0.2) is 0 Å². The third-order valence-corrected chi connectivity index (χ3v) is 4.01. The molecule has 2 aliphatic rings. The summed E-state index contributed by atoms with van der Waals surface area (Å²) in [6.45, 7) is 3.87. The van der Waals surface area contributed by atoms with Crippen LogP contribution in [0.15, 0.2) is 0 Å². The lowest BCUT2D eigenvalue weighted by Gasteiger charge is -2.29. The SMILES string of the molecule is CC1CCC(CN2CC(C#N)CC2=O)CC1. The fourth-order valence-electron chi connectivity index (χ4n) is 2.86. The van der Waals surface area contributed by atoms with Gasteiger partial charge in [-0.3, -0.25) is 4.79 Å². The Morgan fingerprint density at radius 2 is 2.06 bits per heavy atom. The fourth-order valence-corrected chi connectivity index (χ4v) is 2.86. The normalized spacial score (nSPS) is 35.1. The molecule has 1 unspecified atom stereocenters. The standard InChI is InChI=1S/C13H20N2O/c1-10-2-4-11(5-3-10)8-15-9-12(7-14)6-13(15)16/h10-12H,2-6,8-9H2,1H3. The molecule has 0 N–H and O–H groups in total. The molecule has 16 heavy (non-hydrogen) atoms. The van der Waals surface area contributed by atoms with Gasteiger partial charge in [-0.25, -0.2) is 0 Å². The lowest BCUT2D eigenvalue weighted by atomic mass is 9.83. The number of nitriles is 1. The van der Waals surface area contributed by atoms with Gasteiger partial charge in [-0.2, -0.15) is 5.26 Å². The molecule has 0 aromatic carbocycles. The molecule has 1 aliphatic heterocycles. The monoisotopic (exact) mass is 220 g/mol. The van der Waals surface area contributed by atoms with Gasteiger partial charge in [0, 0.05) is 19.5 Å².